The van der Waals surface area contributed by atoms with Crippen molar-refractivity contribution in [2.45, 2.75) is 19.4 Å². The van der Waals surface area contributed by atoms with Crippen molar-refractivity contribution < 1.29 is 4.39 Å². The van der Waals surface area contributed by atoms with E-state index in [1.807, 2.05) is 24.3 Å². The van der Waals surface area contributed by atoms with Gasteiger partial charge in [-0.25, -0.2) is 4.39 Å². The molecule has 0 aromatic heterocycles. The van der Waals surface area contributed by atoms with E-state index in [0.29, 0.717) is 6.54 Å². The van der Waals surface area contributed by atoms with Gasteiger partial charge in [-0.05, 0) is 36.6 Å². The van der Waals surface area contributed by atoms with Crippen LogP contribution in [0.25, 0.3) is 0 Å². The summed E-state index contributed by atoms with van der Waals surface area (Å²) in [5.74, 6) is -0.140. The molecule has 2 N–H and O–H groups in total. The lowest BCUT2D eigenvalue weighted by Gasteiger charge is -2.32. The van der Waals surface area contributed by atoms with Crippen LogP contribution in [0.4, 0.5) is 15.8 Å². The zero-order chi connectivity index (χ0) is 13.2. The highest BCUT2D eigenvalue weighted by atomic mass is 35.5. The molecule has 20 heavy (non-hydrogen) atoms. The van der Waals surface area contributed by atoms with Crippen LogP contribution in [-0.4, -0.2) is 6.54 Å². The van der Waals surface area contributed by atoms with Gasteiger partial charge in [-0.1, -0.05) is 24.3 Å². The quantitative estimate of drug-likeness (QED) is 0.854. The van der Waals surface area contributed by atoms with Gasteiger partial charge in [0.2, 0.25) is 0 Å². The van der Waals surface area contributed by atoms with Gasteiger partial charge in [0, 0.05) is 30.0 Å². The highest BCUT2D eigenvalue weighted by molar-refractivity contribution is 5.85. The molecule has 4 heteroatoms. The predicted octanol–water partition coefficient (Wildman–Crippen LogP) is 3.78. The highest BCUT2D eigenvalue weighted by Gasteiger charge is 2.19. The van der Waals surface area contributed by atoms with Crippen LogP contribution in [0.2, 0.25) is 0 Å². The van der Waals surface area contributed by atoms with Crippen molar-refractivity contribution in [2.24, 2.45) is 0 Å². The summed E-state index contributed by atoms with van der Waals surface area (Å²) in [6.45, 7) is 1.55. The highest BCUT2D eigenvalue weighted by Crippen LogP contribution is 2.32. The summed E-state index contributed by atoms with van der Waals surface area (Å²) in [6, 6.07) is 12.9. The summed E-state index contributed by atoms with van der Waals surface area (Å²) in [6.07, 6.45) is 2.07. The Kier molecular flexibility index (Phi) is 4.50. The van der Waals surface area contributed by atoms with Crippen molar-refractivity contribution in [1.82, 2.24) is 0 Å². The van der Waals surface area contributed by atoms with E-state index in [1.165, 1.54) is 11.6 Å². The van der Waals surface area contributed by atoms with E-state index in [4.69, 9.17) is 5.73 Å². The van der Waals surface area contributed by atoms with Crippen molar-refractivity contribution >= 4 is 23.8 Å². The van der Waals surface area contributed by atoms with Gasteiger partial charge in [-0.15, -0.1) is 12.4 Å². The number of nitrogens with zero attached hydrogens (tertiary/aromatic N) is 1. The number of hydrogen-bond acceptors (Lipinski definition) is 2. The monoisotopic (exact) mass is 292 g/mol. The van der Waals surface area contributed by atoms with Crippen LogP contribution >= 0.6 is 12.4 Å². The molecular weight excluding hydrogens is 275 g/mol. The minimum atomic E-state index is -0.140. The number of nitrogen functional groups attached to an aromatic ring is 1. The van der Waals surface area contributed by atoms with Crippen molar-refractivity contribution in [3.63, 3.8) is 0 Å². The summed E-state index contributed by atoms with van der Waals surface area (Å²) < 4.78 is 13.7. The fraction of sp³-hybridized carbons (Fsp3) is 0.250. The number of rotatable bonds is 2. The first-order valence-electron chi connectivity index (χ1n) is 6.61. The lowest BCUT2D eigenvalue weighted by molar-refractivity contribution is 0.598. The maximum atomic E-state index is 13.7. The Morgan fingerprint density at radius 1 is 1.10 bits per heavy atom. The summed E-state index contributed by atoms with van der Waals surface area (Å²) in [5, 5.41) is 0. The molecule has 0 amide bonds. The number of benzene rings is 2. The molecule has 1 heterocycles. The first kappa shape index (κ1) is 14.7. The maximum Gasteiger partial charge on any atom is 0.128 e. The van der Waals surface area contributed by atoms with Gasteiger partial charge in [-0.3, -0.25) is 0 Å². The summed E-state index contributed by atoms with van der Waals surface area (Å²) in [5.41, 5.74) is 9.95. The lowest BCUT2D eigenvalue weighted by atomic mass is 9.99. The van der Waals surface area contributed by atoms with Gasteiger partial charge in [0.05, 0.1) is 0 Å². The van der Waals surface area contributed by atoms with Crippen LogP contribution in [0.15, 0.2) is 42.5 Å². The Morgan fingerprint density at radius 2 is 1.90 bits per heavy atom. The standard InChI is InChI=1S/C16H17FN2.ClH/c17-14-7-2-1-5-12(14)11-19-10-4-6-13-15(18)8-3-9-16(13)19;/h1-3,5,7-9H,4,6,10-11,18H2;1H. The van der Waals surface area contributed by atoms with Crippen LogP contribution in [0.5, 0.6) is 0 Å². The van der Waals surface area contributed by atoms with Gasteiger partial charge in [0.1, 0.15) is 5.82 Å². The molecule has 3 rings (SSSR count). The second-order valence-corrected chi connectivity index (χ2v) is 4.96. The maximum absolute atomic E-state index is 13.7. The first-order valence-corrected chi connectivity index (χ1v) is 6.61. The Hall–Kier alpha value is -1.74. The minimum absolute atomic E-state index is 0. The van der Waals surface area contributed by atoms with Gasteiger partial charge in [0.25, 0.3) is 0 Å². The summed E-state index contributed by atoms with van der Waals surface area (Å²) in [4.78, 5) is 2.22. The van der Waals surface area contributed by atoms with Crippen LogP contribution in [0.3, 0.4) is 0 Å². The van der Waals surface area contributed by atoms with Gasteiger partial charge in [0.15, 0.2) is 0 Å². The fourth-order valence-electron chi connectivity index (χ4n) is 2.72. The van der Waals surface area contributed by atoms with Gasteiger partial charge < -0.3 is 10.6 Å². The third-order valence-electron chi connectivity index (χ3n) is 3.70. The molecule has 2 aromatic rings. The summed E-state index contributed by atoms with van der Waals surface area (Å²) in [7, 11) is 0. The third-order valence-corrected chi connectivity index (χ3v) is 3.70. The number of anilines is 2. The van der Waals surface area contributed by atoms with Crippen molar-refractivity contribution in [2.75, 3.05) is 17.2 Å². The molecule has 0 aliphatic carbocycles. The summed E-state index contributed by atoms with van der Waals surface area (Å²) >= 11 is 0. The molecule has 2 nitrogen and oxygen atoms in total. The second-order valence-electron chi connectivity index (χ2n) is 4.96. The normalized spacial score (nSPS) is 13.6. The van der Waals surface area contributed by atoms with Crippen molar-refractivity contribution in [3.05, 3.63) is 59.4 Å². The second kappa shape index (κ2) is 6.14. The SMILES string of the molecule is Cl.Nc1cccc2c1CCCN2Cc1ccccc1F. The fourth-order valence-corrected chi connectivity index (χ4v) is 2.72. The van der Waals surface area contributed by atoms with Gasteiger partial charge >= 0.3 is 0 Å². The number of halogens is 2. The first-order chi connectivity index (χ1) is 9.25. The molecule has 0 saturated carbocycles. The molecule has 0 bridgehead atoms. The van der Waals surface area contributed by atoms with E-state index in [-0.39, 0.29) is 18.2 Å². The van der Waals surface area contributed by atoms with E-state index < -0.39 is 0 Å². The number of hydrogen-bond donors (Lipinski definition) is 1. The molecule has 0 unspecified atom stereocenters. The van der Waals surface area contributed by atoms with Crippen LogP contribution in [-0.2, 0) is 13.0 Å². The smallest absolute Gasteiger partial charge is 0.128 e. The Balaban J connectivity index is 0.00000147. The van der Waals surface area contributed by atoms with Gasteiger partial charge in [-0.2, -0.15) is 0 Å². The van der Waals surface area contributed by atoms with E-state index in [0.717, 1.165) is 36.3 Å². The van der Waals surface area contributed by atoms with Crippen LogP contribution < -0.4 is 10.6 Å². The molecule has 0 saturated heterocycles. The molecule has 0 radical (unpaired) electrons. The molecule has 2 aromatic carbocycles. The average molecular weight is 293 g/mol. The molecular formula is C16H18ClFN2. The lowest BCUT2D eigenvalue weighted by Crippen LogP contribution is -2.29. The predicted molar refractivity (Wildman–Crippen MR) is 83.9 cm³/mol. The van der Waals surface area contributed by atoms with Crippen LogP contribution in [0, 0.1) is 5.82 Å². The molecule has 0 atom stereocenters. The molecule has 0 spiro atoms. The zero-order valence-electron chi connectivity index (χ0n) is 11.2. The number of nitrogens with two attached hydrogens (primary N) is 1. The topological polar surface area (TPSA) is 29.3 Å². The van der Waals surface area contributed by atoms with E-state index in [1.54, 1.807) is 6.07 Å². The van der Waals surface area contributed by atoms with Crippen molar-refractivity contribution in [3.8, 4) is 0 Å². The zero-order valence-corrected chi connectivity index (χ0v) is 12.0. The molecule has 0 fully saturated rings. The van der Waals surface area contributed by atoms with Crippen molar-refractivity contribution in [1.29, 1.82) is 0 Å². The average Bonchev–Trinajstić information content (AvgIpc) is 2.42. The minimum Gasteiger partial charge on any atom is -0.398 e. The third kappa shape index (κ3) is 2.73. The molecule has 106 valence electrons. The molecule has 1 aliphatic heterocycles. The largest absolute Gasteiger partial charge is 0.398 e. The van der Waals surface area contributed by atoms with Crippen LogP contribution in [0.1, 0.15) is 17.5 Å². The Labute approximate surface area is 124 Å². The van der Waals surface area contributed by atoms with E-state index >= 15 is 0 Å². The van der Waals surface area contributed by atoms with E-state index in [9.17, 15) is 4.39 Å². The van der Waals surface area contributed by atoms with E-state index in [2.05, 4.69) is 11.0 Å². The molecule has 1 aliphatic rings. The number of fused-ring (bicyclic) bond motifs is 1. The Morgan fingerprint density at radius 3 is 2.70 bits per heavy atom. The Bertz CT molecular complexity index is 601.